The van der Waals surface area contributed by atoms with E-state index in [4.69, 9.17) is 5.53 Å². The summed E-state index contributed by atoms with van der Waals surface area (Å²) in [6.45, 7) is 1.72. The number of hydrogen-bond donors (Lipinski definition) is 0. The first kappa shape index (κ1) is 8.42. The Morgan fingerprint density at radius 3 is 2.83 bits per heavy atom. The van der Waals surface area contributed by atoms with Crippen LogP contribution in [0, 0.1) is 0 Å². The molecule has 0 aromatic carbocycles. The maximum atomic E-state index is 11.1. The largest absolute Gasteiger partial charge is 0.447 e. The second kappa shape index (κ2) is 3.15. The summed E-state index contributed by atoms with van der Waals surface area (Å²) in [5.41, 5.74) is 8.11. The Hall–Kier alpha value is -1.68. The first-order valence-electron chi connectivity index (χ1n) is 3.34. The van der Waals surface area contributed by atoms with Crippen molar-refractivity contribution in [3.63, 3.8) is 0 Å². The number of carbonyl (C=O) groups is 2. The lowest BCUT2D eigenvalue weighted by Gasteiger charge is -2.04. The van der Waals surface area contributed by atoms with E-state index < -0.39 is 12.0 Å². The molecule has 6 heteroatoms. The minimum absolute atomic E-state index is 0.131. The second-order valence-corrected chi connectivity index (χ2v) is 2.26. The number of carbonyl (C=O) groups excluding carboxylic acids is 2. The topological polar surface area (TPSA) is 83.0 Å². The van der Waals surface area contributed by atoms with E-state index in [2.05, 4.69) is 9.53 Å². The molecule has 1 aliphatic heterocycles. The van der Waals surface area contributed by atoms with Crippen molar-refractivity contribution in [1.82, 2.24) is 4.90 Å². The maximum absolute atomic E-state index is 11.1. The van der Waals surface area contributed by atoms with Crippen molar-refractivity contribution in [1.29, 1.82) is 0 Å². The van der Waals surface area contributed by atoms with Gasteiger partial charge < -0.3 is 10.3 Å². The van der Waals surface area contributed by atoms with E-state index in [1.807, 2.05) is 0 Å². The Morgan fingerprint density at radius 2 is 2.42 bits per heavy atom. The van der Waals surface area contributed by atoms with Crippen LogP contribution in [0.5, 0.6) is 0 Å². The molecule has 1 aliphatic rings. The number of amides is 2. The number of ether oxygens (including phenoxy) is 1. The summed E-state index contributed by atoms with van der Waals surface area (Å²) in [5, 5.41) is 0. The molecule has 64 valence electrons. The Balaban J connectivity index is 2.77. The quantitative estimate of drug-likeness (QED) is 0.305. The summed E-state index contributed by atoms with van der Waals surface area (Å²) >= 11 is 0. The average Bonchev–Trinajstić information content (AvgIpc) is 2.48. The van der Waals surface area contributed by atoms with Gasteiger partial charge in [-0.1, -0.05) is 0 Å². The van der Waals surface area contributed by atoms with Crippen LogP contribution in [0.4, 0.5) is 4.79 Å². The van der Waals surface area contributed by atoms with Gasteiger partial charge in [-0.2, -0.15) is 4.79 Å². The molecule has 1 rings (SSSR count). The van der Waals surface area contributed by atoms with Gasteiger partial charge in [0.25, 0.3) is 0 Å². The fourth-order valence-electron chi connectivity index (χ4n) is 0.816. The van der Waals surface area contributed by atoms with Crippen LogP contribution >= 0.6 is 0 Å². The van der Waals surface area contributed by atoms with Gasteiger partial charge in [-0.25, -0.2) is 9.69 Å². The van der Waals surface area contributed by atoms with Gasteiger partial charge in [-0.15, -0.1) is 0 Å². The molecular formula is C6H7N3O3. The summed E-state index contributed by atoms with van der Waals surface area (Å²) in [6, 6.07) is 0. The molecule has 0 aromatic rings. The van der Waals surface area contributed by atoms with Gasteiger partial charge in [0.1, 0.15) is 6.61 Å². The standard InChI is InChI=1S/C6H7N3O3/c1-4(8-7)5(10)9-2-3-12-6(9)11/h2-3H2,1H3. The predicted octanol–water partition coefficient (Wildman–Crippen LogP) is -0.344. The van der Waals surface area contributed by atoms with E-state index in [1.165, 1.54) is 6.92 Å². The highest BCUT2D eigenvalue weighted by atomic mass is 16.6. The molecule has 6 nitrogen and oxygen atoms in total. The van der Waals surface area contributed by atoms with Crippen molar-refractivity contribution >= 4 is 17.7 Å². The highest BCUT2D eigenvalue weighted by Crippen LogP contribution is 2.03. The average molecular weight is 169 g/mol. The molecule has 0 atom stereocenters. The van der Waals surface area contributed by atoms with Gasteiger partial charge in [0.2, 0.25) is 0 Å². The molecule has 0 saturated carbocycles. The van der Waals surface area contributed by atoms with E-state index in [0.29, 0.717) is 0 Å². The first-order chi connectivity index (χ1) is 5.66. The van der Waals surface area contributed by atoms with E-state index in [-0.39, 0.29) is 18.9 Å². The van der Waals surface area contributed by atoms with Crippen molar-refractivity contribution in [2.45, 2.75) is 6.92 Å². The van der Waals surface area contributed by atoms with Crippen LogP contribution in [0.2, 0.25) is 0 Å². The van der Waals surface area contributed by atoms with E-state index in [9.17, 15) is 9.59 Å². The van der Waals surface area contributed by atoms with Crippen LogP contribution in [0.1, 0.15) is 6.92 Å². The lowest BCUT2D eigenvalue weighted by Crippen LogP contribution is -2.36. The molecule has 0 N–H and O–H groups in total. The van der Waals surface area contributed by atoms with Crippen molar-refractivity contribution in [2.75, 3.05) is 13.2 Å². The number of imide groups is 1. The third-order valence-electron chi connectivity index (χ3n) is 1.47. The summed E-state index contributed by atoms with van der Waals surface area (Å²) in [6.07, 6.45) is -0.692. The summed E-state index contributed by atoms with van der Waals surface area (Å²) < 4.78 is 4.51. The number of rotatable bonds is 1. The van der Waals surface area contributed by atoms with Gasteiger partial charge in [-0.3, -0.25) is 4.79 Å². The van der Waals surface area contributed by atoms with Gasteiger partial charge in [0, 0.05) is 6.92 Å². The minimum atomic E-state index is -0.692. The molecule has 1 fully saturated rings. The van der Waals surface area contributed by atoms with Crippen molar-refractivity contribution in [2.24, 2.45) is 0 Å². The van der Waals surface area contributed by atoms with E-state index >= 15 is 0 Å². The van der Waals surface area contributed by atoms with Crippen molar-refractivity contribution in [3.8, 4) is 0 Å². The zero-order valence-electron chi connectivity index (χ0n) is 6.48. The Labute approximate surface area is 68.3 Å². The van der Waals surface area contributed by atoms with Crippen LogP contribution < -0.4 is 0 Å². The molecule has 1 saturated heterocycles. The maximum Gasteiger partial charge on any atom is 0.417 e. The molecule has 0 aromatic heterocycles. The molecule has 0 bridgehead atoms. The zero-order valence-corrected chi connectivity index (χ0v) is 6.48. The summed E-state index contributed by atoms with van der Waals surface area (Å²) in [7, 11) is 0. The molecule has 0 unspecified atom stereocenters. The van der Waals surface area contributed by atoms with Crippen molar-refractivity contribution < 1.29 is 19.1 Å². The Kier molecular flexibility index (Phi) is 2.21. The second-order valence-electron chi connectivity index (χ2n) is 2.26. The third kappa shape index (κ3) is 1.33. The van der Waals surface area contributed by atoms with Gasteiger partial charge in [0.15, 0.2) is 0 Å². The zero-order chi connectivity index (χ0) is 9.14. The first-order valence-corrected chi connectivity index (χ1v) is 3.34. The van der Waals surface area contributed by atoms with Gasteiger partial charge >= 0.3 is 17.7 Å². The molecule has 2 amide bonds. The minimum Gasteiger partial charge on any atom is -0.447 e. The number of hydrogen-bond acceptors (Lipinski definition) is 3. The lowest BCUT2D eigenvalue weighted by molar-refractivity contribution is -0.125. The molecule has 0 aliphatic carbocycles. The lowest BCUT2D eigenvalue weighted by atomic mass is 10.4. The Bertz CT molecular complexity index is 280. The number of nitrogens with zero attached hydrogens (tertiary/aromatic N) is 3. The normalized spacial score (nSPS) is 15.4. The molecule has 1 heterocycles. The van der Waals surface area contributed by atoms with Gasteiger partial charge in [-0.05, 0) is 0 Å². The fraction of sp³-hybridized carbons (Fsp3) is 0.500. The van der Waals surface area contributed by atoms with Crippen LogP contribution in [0.15, 0.2) is 0 Å². The van der Waals surface area contributed by atoms with Crippen LogP contribution in [0.3, 0.4) is 0 Å². The smallest absolute Gasteiger partial charge is 0.417 e. The van der Waals surface area contributed by atoms with Gasteiger partial charge in [0.05, 0.1) is 6.54 Å². The van der Waals surface area contributed by atoms with E-state index in [1.54, 1.807) is 0 Å². The predicted molar refractivity (Wildman–Crippen MR) is 37.4 cm³/mol. The Morgan fingerprint density at radius 1 is 1.75 bits per heavy atom. The molecule has 0 radical (unpaired) electrons. The monoisotopic (exact) mass is 169 g/mol. The van der Waals surface area contributed by atoms with Crippen LogP contribution in [-0.4, -0.2) is 40.6 Å². The summed E-state index contributed by atoms with van der Waals surface area (Å²) in [5.74, 6) is -0.625. The molecular weight excluding hydrogens is 162 g/mol. The van der Waals surface area contributed by atoms with E-state index in [0.717, 1.165) is 4.90 Å². The third-order valence-corrected chi connectivity index (χ3v) is 1.47. The van der Waals surface area contributed by atoms with Crippen LogP contribution in [-0.2, 0) is 9.53 Å². The number of cyclic esters (lactones) is 1. The highest BCUT2D eigenvalue weighted by Gasteiger charge is 2.33. The highest BCUT2D eigenvalue weighted by molar-refractivity contribution is 6.37. The van der Waals surface area contributed by atoms with Crippen molar-refractivity contribution in [3.05, 3.63) is 5.53 Å². The van der Waals surface area contributed by atoms with Crippen LogP contribution in [0.25, 0.3) is 5.53 Å². The fourth-order valence-corrected chi connectivity index (χ4v) is 0.816. The SMILES string of the molecule is CC(=[N+]=[N-])C(=O)N1CCOC1=O. The molecule has 0 spiro atoms. The molecule has 12 heavy (non-hydrogen) atoms. The summed E-state index contributed by atoms with van der Waals surface area (Å²) in [4.78, 5) is 25.5.